The lowest BCUT2D eigenvalue weighted by Gasteiger charge is -2.44. The van der Waals surface area contributed by atoms with Crippen molar-refractivity contribution in [1.82, 2.24) is 4.90 Å². The van der Waals surface area contributed by atoms with Gasteiger partial charge in [0.05, 0.1) is 13.2 Å². The molecule has 1 rings (SSSR count). The maximum absolute atomic E-state index is 11.6. The molecule has 0 radical (unpaired) electrons. The predicted octanol–water partition coefficient (Wildman–Crippen LogP) is -1.29. The molecule has 0 aromatic heterocycles. The van der Waals surface area contributed by atoms with Gasteiger partial charge in [0.1, 0.15) is 0 Å². The lowest BCUT2D eigenvalue weighted by molar-refractivity contribution is 0.00662. The minimum Gasteiger partial charge on any atom is -0.396 e. The number of hydrogen-bond donors (Lipinski definition) is 5. The molecule has 1 aliphatic rings. The summed E-state index contributed by atoms with van der Waals surface area (Å²) in [6, 6.07) is 0. The molecule has 1 heterocycles. The number of aliphatic hydroxyl groups is 1. The molecular weight excluding hydrogens is 288 g/mol. The summed E-state index contributed by atoms with van der Waals surface area (Å²) in [6.07, 6.45) is -0.707. The van der Waals surface area contributed by atoms with Crippen LogP contribution < -0.4 is 0 Å². The van der Waals surface area contributed by atoms with Crippen LogP contribution in [0.1, 0.15) is 6.42 Å². The Morgan fingerprint density at radius 2 is 1.50 bits per heavy atom. The van der Waals surface area contributed by atoms with E-state index >= 15 is 0 Å². The molecule has 0 unspecified atom stereocenters. The first-order valence-corrected chi connectivity index (χ1v) is 8.44. The van der Waals surface area contributed by atoms with Crippen molar-refractivity contribution in [3.8, 4) is 0 Å². The van der Waals surface area contributed by atoms with E-state index < -0.39 is 33.2 Å². The average Bonchev–Trinajstić information content (AvgIpc) is 2.23. The fraction of sp³-hybridized carbons (Fsp3) is 1.00. The molecule has 0 spiro atoms. The summed E-state index contributed by atoms with van der Waals surface area (Å²) in [7, 11) is -10.3. The van der Waals surface area contributed by atoms with Gasteiger partial charge < -0.3 is 29.4 Å². The maximum Gasteiger partial charge on any atom is 0.358 e. The van der Waals surface area contributed by atoms with Crippen molar-refractivity contribution in [2.24, 2.45) is 0 Å². The molecule has 0 atom stereocenters. The molecule has 1 fully saturated rings. The van der Waals surface area contributed by atoms with E-state index in [1.165, 1.54) is 0 Å². The smallest absolute Gasteiger partial charge is 0.358 e. The van der Waals surface area contributed by atoms with Gasteiger partial charge in [0, 0.05) is 26.1 Å². The Morgan fingerprint density at radius 1 is 1.06 bits per heavy atom. The van der Waals surface area contributed by atoms with Gasteiger partial charge in [-0.3, -0.25) is 14.0 Å². The van der Waals surface area contributed by atoms with E-state index in [1.807, 2.05) is 0 Å². The minimum absolute atomic E-state index is 0.0176. The Kier molecular flexibility index (Phi) is 5.11. The van der Waals surface area contributed by atoms with E-state index in [1.54, 1.807) is 0 Å². The van der Waals surface area contributed by atoms with Crippen LogP contribution in [0.25, 0.3) is 0 Å². The SMILES string of the molecule is O=P(O)(O)C(CCO)(N1CCOCC1)P(=O)(O)O. The van der Waals surface area contributed by atoms with Crippen LogP contribution in [0.2, 0.25) is 0 Å². The monoisotopic (exact) mass is 305 g/mol. The number of nitrogens with zero attached hydrogens (tertiary/aromatic N) is 1. The van der Waals surface area contributed by atoms with Gasteiger partial charge in [-0.05, 0) is 0 Å². The fourth-order valence-electron chi connectivity index (χ4n) is 2.06. The van der Waals surface area contributed by atoms with Gasteiger partial charge in [-0.1, -0.05) is 0 Å². The summed E-state index contributed by atoms with van der Waals surface area (Å²) in [5.41, 5.74) is 0. The second kappa shape index (κ2) is 5.66. The quantitative estimate of drug-likeness (QED) is 0.391. The number of morpholine rings is 1. The Labute approximate surface area is 104 Å². The zero-order valence-electron chi connectivity index (χ0n) is 9.55. The van der Waals surface area contributed by atoms with Crippen molar-refractivity contribution in [3.63, 3.8) is 0 Å². The highest BCUT2D eigenvalue weighted by Gasteiger charge is 2.63. The Hall–Kier alpha value is 0.180. The van der Waals surface area contributed by atoms with Crippen LogP contribution in [-0.2, 0) is 13.9 Å². The number of ether oxygens (including phenoxy) is 1. The minimum atomic E-state index is -5.17. The van der Waals surface area contributed by atoms with Crippen molar-refractivity contribution >= 4 is 15.2 Å². The van der Waals surface area contributed by atoms with Gasteiger partial charge in [-0.2, -0.15) is 0 Å². The van der Waals surface area contributed by atoms with E-state index in [4.69, 9.17) is 9.84 Å². The van der Waals surface area contributed by atoms with Crippen LogP contribution in [-0.4, -0.2) is 67.5 Å². The van der Waals surface area contributed by atoms with Gasteiger partial charge in [0.15, 0.2) is 0 Å². The maximum atomic E-state index is 11.6. The van der Waals surface area contributed by atoms with Crippen LogP contribution in [0.5, 0.6) is 0 Å². The summed E-state index contributed by atoms with van der Waals surface area (Å²) >= 11 is 0. The topological polar surface area (TPSA) is 148 Å². The highest BCUT2D eigenvalue weighted by molar-refractivity contribution is 7.72. The molecule has 11 heteroatoms. The second-order valence-corrected chi connectivity index (χ2v) is 7.94. The van der Waals surface area contributed by atoms with Gasteiger partial charge >= 0.3 is 15.2 Å². The van der Waals surface area contributed by atoms with Crippen LogP contribution >= 0.6 is 15.2 Å². The Balaban J connectivity index is 3.28. The molecule has 0 aromatic rings. The van der Waals surface area contributed by atoms with Crippen molar-refractivity contribution < 1.29 is 38.5 Å². The first kappa shape index (κ1) is 16.2. The lowest BCUT2D eigenvalue weighted by Crippen LogP contribution is -2.53. The molecule has 18 heavy (non-hydrogen) atoms. The van der Waals surface area contributed by atoms with Gasteiger partial charge in [0.25, 0.3) is 0 Å². The highest BCUT2D eigenvalue weighted by atomic mass is 31.2. The molecule has 0 bridgehead atoms. The third-order valence-corrected chi connectivity index (χ3v) is 7.34. The first-order chi connectivity index (χ1) is 8.17. The zero-order valence-corrected chi connectivity index (χ0v) is 11.3. The fourth-order valence-corrected chi connectivity index (χ4v) is 5.34. The molecular formula is C7H17NO8P2. The molecule has 0 saturated carbocycles. The number of rotatable bonds is 5. The average molecular weight is 305 g/mol. The first-order valence-electron chi connectivity index (χ1n) is 5.22. The van der Waals surface area contributed by atoms with Crippen LogP contribution in [0, 0.1) is 0 Å². The van der Waals surface area contributed by atoms with Crippen molar-refractivity contribution in [2.45, 2.75) is 11.4 Å². The molecule has 0 amide bonds. The Bertz CT molecular complexity index is 348. The molecule has 108 valence electrons. The van der Waals surface area contributed by atoms with Gasteiger partial charge in [-0.15, -0.1) is 0 Å². The standard InChI is InChI=1S/C7H17NO8P2/c9-4-1-7(17(10,11)12,18(13,14)15)8-2-5-16-6-3-8/h9H,1-6H2,(H2,10,11,12)(H2,13,14,15). The van der Waals surface area contributed by atoms with Crippen molar-refractivity contribution in [2.75, 3.05) is 32.9 Å². The lowest BCUT2D eigenvalue weighted by atomic mass is 10.3. The molecule has 1 aliphatic heterocycles. The Morgan fingerprint density at radius 3 is 1.83 bits per heavy atom. The van der Waals surface area contributed by atoms with Gasteiger partial charge in [0.2, 0.25) is 5.02 Å². The van der Waals surface area contributed by atoms with Crippen LogP contribution in [0.15, 0.2) is 0 Å². The summed E-state index contributed by atoms with van der Waals surface area (Å²) in [5.74, 6) is 0. The molecule has 1 saturated heterocycles. The van der Waals surface area contributed by atoms with Crippen LogP contribution in [0.4, 0.5) is 0 Å². The number of hydrogen-bond acceptors (Lipinski definition) is 5. The molecule has 0 aliphatic carbocycles. The van der Waals surface area contributed by atoms with E-state index in [-0.39, 0.29) is 26.3 Å². The number of aliphatic hydroxyl groups excluding tert-OH is 1. The van der Waals surface area contributed by atoms with E-state index in [0.717, 1.165) is 4.90 Å². The summed E-state index contributed by atoms with van der Waals surface area (Å²) in [4.78, 5) is 38.5. The molecule has 0 aromatic carbocycles. The third kappa shape index (κ3) is 2.85. The summed E-state index contributed by atoms with van der Waals surface area (Å²) < 4.78 is 28.2. The molecule has 5 N–H and O–H groups in total. The molecule has 9 nitrogen and oxygen atoms in total. The summed E-state index contributed by atoms with van der Waals surface area (Å²) in [5, 5.41) is 6.25. The van der Waals surface area contributed by atoms with Crippen LogP contribution in [0.3, 0.4) is 0 Å². The normalized spacial score (nSPS) is 20.1. The van der Waals surface area contributed by atoms with Crippen molar-refractivity contribution in [3.05, 3.63) is 0 Å². The summed E-state index contributed by atoms with van der Waals surface area (Å²) in [6.45, 7) is -0.541. The highest BCUT2D eigenvalue weighted by Crippen LogP contribution is 2.71. The second-order valence-electron chi connectivity index (χ2n) is 3.94. The van der Waals surface area contributed by atoms with Crippen molar-refractivity contribution in [1.29, 1.82) is 0 Å². The van der Waals surface area contributed by atoms with E-state index in [2.05, 4.69) is 0 Å². The zero-order chi connectivity index (χ0) is 14.0. The predicted molar refractivity (Wildman–Crippen MR) is 60.9 cm³/mol. The van der Waals surface area contributed by atoms with Gasteiger partial charge in [-0.25, -0.2) is 0 Å². The van der Waals surface area contributed by atoms with E-state index in [0.29, 0.717) is 0 Å². The third-order valence-electron chi connectivity index (χ3n) is 2.90. The van der Waals surface area contributed by atoms with E-state index in [9.17, 15) is 28.7 Å². The largest absolute Gasteiger partial charge is 0.396 e.